The first kappa shape index (κ1) is 12.3. The zero-order valence-electron chi connectivity index (χ0n) is 8.78. The molecule has 0 fully saturated rings. The molecule has 0 unspecified atom stereocenters. The second-order valence-electron chi connectivity index (χ2n) is 3.16. The van der Waals surface area contributed by atoms with Crippen LogP contribution in [-0.2, 0) is 0 Å². The third-order valence-electron chi connectivity index (χ3n) is 2.03. The van der Waals surface area contributed by atoms with Crippen LogP contribution in [0.4, 0.5) is 19.6 Å². The quantitative estimate of drug-likeness (QED) is 0.579. The Bertz CT molecular complexity index is 551. The molecule has 0 radical (unpaired) electrons. The molecule has 0 saturated carbocycles. The van der Waals surface area contributed by atoms with Crippen LogP contribution < -0.4 is 16.6 Å². The molecule has 0 aliphatic rings. The number of anilines is 2. The Morgan fingerprint density at radius 3 is 2.50 bits per heavy atom. The van der Waals surface area contributed by atoms with E-state index >= 15 is 0 Å². The maximum atomic E-state index is 13.4. The number of aromatic nitrogens is 2. The van der Waals surface area contributed by atoms with Gasteiger partial charge in [-0.1, -0.05) is 11.3 Å². The van der Waals surface area contributed by atoms with E-state index in [-0.39, 0.29) is 10.7 Å². The lowest BCUT2D eigenvalue weighted by molar-refractivity contribution is 0.102. The zero-order chi connectivity index (χ0) is 13.1. The summed E-state index contributed by atoms with van der Waals surface area (Å²) < 4.78 is 26.7. The molecule has 1 amide bonds. The minimum atomic E-state index is -0.958. The molecule has 2 rings (SSSR count). The molecule has 9 heteroatoms. The molecule has 1 aromatic heterocycles. The number of benzene rings is 1. The topological polar surface area (TPSA) is 92.9 Å². The fourth-order valence-corrected chi connectivity index (χ4v) is 1.68. The van der Waals surface area contributed by atoms with Gasteiger partial charge in [-0.15, -0.1) is 10.2 Å². The van der Waals surface area contributed by atoms with Crippen molar-refractivity contribution in [3.8, 4) is 0 Å². The van der Waals surface area contributed by atoms with E-state index in [1.54, 1.807) is 0 Å². The SMILES string of the molecule is NNc1c(F)cc(C(=O)Nc2nncs2)cc1F. The van der Waals surface area contributed by atoms with Crippen LogP contribution >= 0.6 is 11.3 Å². The zero-order valence-corrected chi connectivity index (χ0v) is 9.59. The van der Waals surface area contributed by atoms with Gasteiger partial charge in [0.2, 0.25) is 5.13 Å². The van der Waals surface area contributed by atoms with Crippen molar-refractivity contribution in [2.24, 2.45) is 5.84 Å². The average molecular weight is 271 g/mol. The number of carbonyl (C=O) groups is 1. The number of hydrazine groups is 1. The van der Waals surface area contributed by atoms with Crippen LogP contribution in [0.3, 0.4) is 0 Å². The molecule has 0 saturated heterocycles. The largest absolute Gasteiger partial charge is 0.319 e. The van der Waals surface area contributed by atoms with Gasteiger partial charge in [0, 0.05) is 5.56 Å². The Morgan fingerprint density at radius 1 is 1.33 bits per heavy atom. The molecule has 0 spiro atoms. The predicted molar refractivity (Wildman–Crippen MR) is 62.0 cm³/mol. The van der Waals surface area contributed by atoms with Crippen LogP contribution in [-0.4, -0.2) is 16.1 Å². The average Bonchev–Trinajstić information content (AvgIpc) is 2.81. The second kappa shape index (κ2) is 5.02. The van der Waals surface area contributed by atoms with Gasteiger partial charge in [0.15, 0.2) is 11.6 Å². The van der Waals surface area contributed by atoms with E-state index < -0.39 is 23.2 Å². The summed E-state index contributed by atoms with van der Waals surface area (Å²) in [5, 5.41) is 9.68. The summed E-state index contributed by atoms with van der Waals surface area (Å²) in [7, 11) is 0. The molecule has 94 valence electrons. The Morgan fingerprint density at radius 2 is 2.00 bits per heavy atom. The maximum Gasteiger partial charge on any atom is 0.257 e. The number of rotatable bonds is 3. The third kappa shape index (κ3) is 2.41. The van der Waals surface area contributed by atoms with Gasteiger partial charge < -0.3 is 5.43 Å². The molecule has 4 N–H and O–H groups in total. The molecular weight excluding hydrogens is 264 g/mol. The Hall–Kier alpha value is -2.13. The number of nitrogen functional groups attached to an aromatic ring is 1. The van der Waals surface area contributed by atoms with E-state index in [0.29, 0.717) is 0 Å². The van der Waals surface area contributed by atoms with Crippen LogP contribution in [0.5, 0.6) is 0 Å². The molecule has 1 aromatic carbocycles. The molecule has 18 heavy (non-hydrogen) atoms. The van der Waals surface area contributed by atoms with Gasteiger partial charge in [-0.2, -0.15) is 0 Å². The van der Waals surface area contributed by atoms with Gasteiger partial charge in [0.25, 0.3) is 5.91 Å². The number of nitrogens with one attached hydrogen (secondary N) is 2. The smallest absolute Gasteiger partial charge is 0.257 e. The van der Waals surface area contributed by atoms with Crippen LogP contribution in [0.1, 0.15) is 10.4 Å². The normalized spacial score (nSPS) is 10.2. The highest BCUT2D eigenvalue weighted by molar-refractivity contribution is 7.13. The first-order chi connectivity index (χ1) is 8.61. The fourth-order valence-electron chi connectivity index (χ4n) is 1.24. The van der Waals surface area contributed by atoms with Crippen LogP contribution in [0.2, 0.25) is 0 Å². The van der Waals surface area contributed by atoms with Crippen molar-refractivity contribution in [1.29, 1.82) is 0 Å². The minimum Gasteiger partial charge on any atom is -0.319 e. The number of carbonyl (C=O) groups excluding carboxylic acids is 1. The van der Waals surface area contributed by atoms with Crippen LogP contribution in [0, 0.1) is 11.6 Å². The van der Waals surface area contributed by atoms with Gasteiger partial charge >= 0.3 is 0 Å². The summed E-state index contributed by atoms with van der Waals surface area (Å²) >= 11 is 1.09. The molecule has 0 aliphatic heterocycles. The monoisotopic (exact) mass is 271 g/mol. The molecule has 2 aromatic rings. The van der Waals surface area contributed by atoms with Gasteiger partial charge in [-0.3, -0.25) is 16.0 Å². The highest BCUT2D eigenvalue weighted by Crippen LogP contribution is 2.20. The molecule has 0 aliphatic carbocycles. The van der Waals surface area contributed by atoms with Crippen molar-refractivity contribution in [1.82, 2.24) is 10.2 Å². The lowest BCUT2D eigenvalue weighted by Gasteiger charge is -2.06. The molecule has 0 bridgehead atoms. The molecule has 6 nitrogen and oxygen atoms in total. The van der Waals surface area contributed by atoms with Crippen LogP contribution in [0.25, 0.3) is 0 Å². The van der Waals surface area contributed by atoms with Gasteiger partial charge in [0.05, 0.1) is 0 Å². The highest BCUT2D eigenvalue weighted by atomic mass is 32.1. The third-order valence-corrected chi connectivity index (χ3v) is 2.64. The highest BCUT2D eigenvalue weighted by Gasteiger charge is 2.15. The number of halogens is 2. The van der Waals surface area contributed by atoms with Gasteiger partial charge in [0.1, 0.15) is 11.2 Å². The van der Waals surface area contributed by atoms with Crippen molar-refractivity contribution in [3.05, 3.63) is 34.8 Å². The molecule has 0 atom stereocenters. The van der Waals surface area contributed by atoms with E-state index in [1.165, 1.54) is 5.51 Å². The van der Waals surface area contributed by atoms with Crippen molar-refractivity contribution < 1.29 is 13.6 Å². The first-order valence-corrected chi connectivity index (χ1v) is 5.53. The first-order valence-electron chi connectivity index (χ1n) is 4.65. The van der Waals surface area contributed by atoms with E-state index in [2.05, 4.69) is 15.5 Å². The lowest BCUT2D eigenvalue weighted by Crippen LogP contribution is -2.15. The predicted octanol–water partition coefficient (Wildman–Crippen LogP) is 1.35. The molecule has 1 heterocycles. The van der Waals surface area contributed by atoms with E-state index in [9.17, 15) is 13.6 Å². The maximum absolute atomic E-state index is 13.4. The summed E-state index contributed by atoms with van der Waals surface area (Å²) in [5.74, 6) is 2.34. The second-order valence-corrected chi connectivity index (χ2v) is 3.99. The van der Waals surface area contributed by atoms with Crippen molar-refractivity contribution in [3.63, 3.8) is 0 Å². The van der Waals surface area contributed by atoms with Gasteiger partial charge in [-0.05, 0) is 12.1 Å². The standard InChI is InChI=1S/C9H7F2N5OS/c10-5-1-4(2-6(11)7(5)15-12)8(17)14-9-16-13-3-18-9/h1-3,15H,12H2,(H,14,16,17). The van der Waals surface area contributed by atoms with Crippen molar-refractivity contribution in [2.75, 3.05) is 10.7 Å². The summed E-state index contributed by atoms with van der Waals surface area (Å²) in [6, 6.07) is 1.74. The minimum absolute atomic E-state index is 0.181. The molecular formula is C9H7F2N5OS. The van der Waals surface area contributed by atoms with E-state index in [1.807, 2.05) is 5.43 Å². The Balaban J connectivity index is 2.26. The van der Waals surface area contributed by atoms with Gasteiger partial charge in [-0.25, -0.2) is 8.78 Å². The summed E-state index contributed by atoms with van der Waals surface area (Å²) in [6.45, 7) is 0. The fraction of sp³-hybridized carbons (Fsp3) is 0. The summed E-state index contributed by atoms with van der Waals surface area (Å²) in [4.78, 5) is 11.7. The number of nitrogens with two attached hydrogens (primary N) is 1. The number of amides is 1. The number of nitrogens with zero attached hydrogens (tertiary/aromatic N) is 2. The Kier molecular flexibility index (Phi) is 3.44. The van der Waals surface area contributed by atoms with Crippen LogP contribution in [0.15, 0.2) is 17.6 Å². The van der Waals surface area contributed by atoms with Crippen molar-refractivity contribution >= 4 is 28.1 Å². The summed E-state index contributed by atoms with van der Waals surface area (Å²) in [5.41, 5.74) is 2.61. The Labute approximate surface area is 104 Å². The number of hydrogen-bond donors (Lipinski definition) is 3. The lowest BCUT2D eigenvalue weighted by atomic mass is 10.1. The summed E-state index contributed by atoms with van der Waals surface area (Å²) in [6.07, 6.45) is 0. The van der Waals surface area contributed by atoms with E-state index in [0.717, 1.165) is 23.5 Å². The van der Waals surface area contributed by atoms with E-state index in [4.69, 9.17) is 5.84 Å². The number of hydrogen-bond acceptors (Lipinski definition) is 6. The van der Waals surface area contributed by atoms with Crippen molar-refractivity contribution in [2.45, 2.75) is 0 Å².